The van der Waals surface area contributed by atoms with Crippen LogP contribution in [0.15, 0.2) is 81.9 Å². The van der Waals surface area contributed by atoms with Gasteiger partial charge in [-0.3, -0.25) is 0 Å². The normalized spacial score (nSPS) is 11.3. The molecule has 0 aliphatic carbocycles. The lowest BCUT2D eigenvalue weighted by atomic mass is 10.1. The number of unbranched alkanes of at least 4 members (excludes halogenated alkanes) is 1. The van der Waals surface area contributed by atoms with Gasteiger partial charge in [-0.05, 0) is 66.9 Å². The molecule has 0 spiro atoms. The van der Waals surface area contributed by atoms with Crippen molar-refractivity contribution < 1.29 is 24.2 Å². The highest BCUT2D eigenvalue weighted by molar-refractivity contribution is 7.99. The molecule has 0 radical (unpaired) electrons. The summed E-state index contributed by atoms with van der Waals surface area (Å²) in [6.45, 7) is 2.65. The number of fused-ring (bicyclic) bond motifs is 1. The summed E-state index contributed by atoms with van der Waals surface area (Å²) in [6, 6.07) is 17.3. The van der Waals surface area contributed by atoms with Gasteiger partial charge in [0.15, 0.2) is 5.69 Å². The number of hydrogen-bond acceptors (Lipinski definition) is 5. The molecule has 3 aromatic carbocycles. The van der Waals surface area contributed by atoms with Crippen LogP contribution in [0.4, 0.5) is 20.6 Å². The fourth-order valence-corrected chi connectivity index (χ4v) is 4.88. The zero-order chi connectivity index (χ0) is 27.1. The second kappa shape index (κ2) is 12.4. The van der Waals surface area contributed by atoms with E-state index in [1.807, 2.05) is 30.3 Å². The maximum absolute atomic E-state index is 13.4. The van der Waals surface area contributed by atoms with Crippen LogP contribution < -0.4 is 5.32 Å². The Morgan fingerprint density at radius 3 is 2.58 bits per heavy atom. The number of aromatic hydroxyl groups is 1. The lowest BCUT2D eigenvalue weighted by molar-refractivity contribution is 0.0697. The number of anilines is 1. The first-order valence-electron chi connectivity index (χ1n) is 12.1. The molecular formula is C28H27FN4O4S. The van der Waals surface area contributed by atoms with Crippen molar-refractivity contribution >= 4 is 46.0 Å². The molecule has 4 aromatic rings. The number of hydrogen-bond donors (Lipinski definition) is 3. The Morgan fingerprint density at radius 1 is 1.08 bits per heavy atom. The number of aromatic carboxylic acids is 1. The SMILES string of the molecule is CCCCn1c(O)c(N=NC(=O)Nc2cccc(F)c2)c2cc(SCCc3ccc(C(=O)O)cc3)ccc21. The number of rotatable bonds is 10. The van der Waals surface area contributed by atoms with Crippen molar-refractivity contribution in [3.63, 3.8) is 0 Å². The average molecular weight is 535 g/mol. The fraction of sp³-hybridized carbons (Fsp3) is 0.214. The van der Waals surface area contributed by atoms with Gasteiger partial charge in [0.2, 0.25) is 5.88 Å². The van der Waals surface area contributed by atoms with E-state index in [2.05, 4.69) is 22.5 Å². The van der Waals surface area contributed by atoms with Gasteiger partial charge in [-0.2, -0.15) is 0 Å². The number of aromatic nitrogens is 1. The first-order valence-corrected chi connectivity index (χ1v) is 13.1. The average Bonchev–Trinajstić information content (AvgIpc) is 3.16. The molecule has 3 N–H and O–H groups in total. The lowest BCUT2D eigenvalue weighted by Crippen LogP contribution is -2.05. The van der Waals surface area contributed by atoms with Gasteiger partial charge < -0.3 is 20.1 Å². The number of urea groups is 1. The Hall–Kier alpha value is -4.18. The monoisotopic (exact) mass is 534 g/mol. The number of carboxylic acid groups (broad SMARTS) is 1. The molecule has 0 bridgehead atoms. The zero-order valence-electron chi connectivity index (χ0n) is 20.7. The highest BCUT2D eigenvalue weighted by atomic mass is 32.2. The Morgan fingerprint density at radius 2 is 1.87 bits per heavy atom. The van der Waals surface area contributed by atoms with E-state index in [0.717, 1.165) is 41.0 Å². The first kappa shape index (κ1) is 26.9. The van der Waals surface area contributed by atoms with Crippen LogP contribution in [0, 0.1) is 5.82 Å². The standard InChI is InChI=1S/C28H27FN4O4S/c1-2-3-14-33-24-12-11-22(38-15-13-18-7-9-19(10-8-18)27(35)36)17-23(24)25(26(33)34)31-32-28(37)30-21-6-4-5-20(29)16-21/h4-12,16-17,34H,2-3,13-15H2,1H3,(H,30,37)(H,35,36). The van der Waals surface area contributed by atoms with E-state index < -0.39 is 17.8 Å². The predicted molar refractivity (Wildman–Crippen MR) is 146 cm³/mol. The van der Waals surface area contributed by atoms with Crippen LogP contribution >= 0.6 is 11.8 Å². The van der Waals surface area contributed by atoms with Crippen LogP contribution in [0.5, 0.6) is 5.88 Å². The van der Waals surface area contributed by atoms with Gasteiger partial charge >= 0.3 is 12.0 Å². The van der Waals surface area contributed by atoms with E-state index in [1.165, 1.54) is 24.3 Å². The number of thioether (sulfide) groups is 1. The minimum absolute atomic E-state index is 0.0728. The third kappa shape index (κ3) is 6.57. The molecule has 0 aliphatic rings. The number of halogens is 1. The number of azo groups is 1. The van der Waals surface area contributed by atoms with E-state index in [9.17, 15) is 19.1 Å². The molecule has 0 fully saturated rings. The second-order valence-electron chi connectivity index (χ2n) is 8.60. The third-order valence-electron chi connectivity index (χ3n) is 5.89. The number of nitrogens with zero attached hydrogens (tertiary/aromatic N) is 3. The quantitative estimate of drug-likeness (QED) is 0.143. The second-order valence-corrected chi connectivity index (χ2v) is 9.77. The van der Waals surface area contributed by atoms with Crippen molar-refractivity contribution in [1.29, 1.82) is 0 Å². The van der Waals surface area contributed by atoms with Crippen LogP contribution in [0.1, 0.15) is 35.7 Å². The maximum atomic E-state index is 13.4. The summed E-state index contributed by atoms with van der Waals surface area (Å²) in [6.07, 6.45) is 2.54. The first-order chi connectivity index (χ1) is 18.4. The zero-order valence-corrected chi connectivity index (χ0v) is 21.5. The molecule has 1 aromatic heterocycles. The summed E-state index contributed by atoms with van der Waals surface area (Å²) in [5, 5.41) is 30.9. The molecule has 0 unspecified atom stereocenters. The summed E-state index contributed by atoms with van der Waals surface area (Å²) in [5.74, 6) is -0.754. The molecule has 38 heavy (non-hydrogen) atoms. The topological polar surface area (TPSA) is 116 Å². The number of nitrogens with one attached hydrogen (secondary N) is 1. The molecule has 0 aliphatic heterocycles. The third-order valence-corrected chi connectivity index (χ3v) is 6.89. The minimum atomic E-state index is -0.951. The van der Waals surface area contributed by atoms with E-state index in [-0.39, 0.29) is 22.8 Å². The van der Waals surface area contributed by atoms with Gasteiger partial charge in [0.25, 0.3) is 0 Å². The Kier molecular flexibility index (Phi) is 8.75. The molecule has 196 valence electrons. The Bertz CT molecular complexity index is 1480. The summed E-state index contributed by atoms with van der Waals surface area (Å²) in [5.41, 5.74) is 2.51. The number of benzene rings is 3. The van der Waals surface area contributed by atoms with Gasteiger partial charge in [0.05, 0.1) is 11.1 Å². The van der Waals surface area contributed by atoms with E-state index in [1.54, 1.807) is 28.5 Å². The Balaban J connectivity index is 1.53. The summed E-state index contributed by atoms with van der Waals surface area (Å²) >= 11 is 1.62. The van der Waals surface area contributed by atoms with Gasteiger partial charge in [0, 0.05) is 28.3 Å². The number of carbonyl (C=O) groups excluding carboxylic acids is 1. The summed E-state index contributed by atoms with van der Waals surface area (Å²) in [4.78, 5) is 24.3. The van der Waals surface area contributed by atoms with Gasteiger partial charge in [-0.1, -0.05) is 36.7 Å². The van der Waals surface area contributed by atoms with Crippen molar-refractivity contribution in [2.75, 3.05) is 11.1 Å². The van der Waals surface area contributed by atoms with E-state index >= 15 is 0 Å². The van der Waals surface area contributed by atoms with Crippen LogP contribution in [-0.4, -0.2) is 32.5 Å². The lowest BCUT2D eigenvalue weighted by Gasteiger charge is -2.06. The molecule has 4 rings (SSSR count). The molecule has 0 atom stereocenters. The molecular weight excluding hydrogens is 507 g/mol. The largest absolute Gasteiger partial charge is 0.493 e. The van der Waals surface area contributed by atoms with Gasteiger partial charge in [-0.25, -0.2) is 14.0 Å². The highest BCUT2D eigenvalue weighted by Gasteiger charge is 2.18. The van der Waals surface area contributed by atoms with E-state index in [4.69, 9.17) is 5.11 Å². The van der Waals surface area contributed by atoms with Crippen molar-refractivity contribution in [3.8, 4) is 5.88 Å². The Labute approximate surface area is 223 Å². The summed E-state index contributed by atoms with van der Waals surface area (Å²) in [7, 11) is 0. The van der Waals surface area contributed by atoms with Crippen molar-refractivity contribution in [3.05, 3.63) is 83.7 Å². The smallest absolute Gasteiger partial charge is 0.364 e. The minimum Gasteiger partial charge on any atom is -0.493 e. The van der Waals surface area contributed by atoms with Crippen molar-refractivity contribution in [1.82, 2.24) is 4.57 Å². The maximum Gasteiger partial charge on any atom is 0.364 e. The molecule has 1 heterocycles. The molecule has 0 saturated carbocycles. The van der Waals surface area contributed by atoms with Crippen LogP contribution in [-0.2, 0) is 13.0 Å². The van der Waals surface area contributed by atoms with Crippen molar-refractivity contribution in [2.45, 2.75) is 37.6 Å². The van der Waals surface area contributed by atoms with Gasteiger partial charge in [-0.15, -0.1) is 16.9 Å². The molecule has 0 saturated heterocycles. The van der Waals surface area contributed by atoms with Crippen LogP contribution in [0.25, 0.3) is 10.9 Å². The van der Waals surface area contributed by atoms with E-state index in [0.29, 0.717) is 11.9 Å². The number of carboxylic acids is 1. The molecule has 8 nitrogen and oxygen atoms in total. The number of amides is 2. The highest BCUT2D eigenvalue weighted by Crippen LogP contribution is 2.41. The number of carbonyl (C=O) groups is 2. The molecule has 2 amide bonds. The van der Waals surface area contributed by atoms with Crippen LogP contribution in [0.3, 0.4) is 0 Å². The van der Waals surface area contributed by atoms with Gasteiger partial charge in [0.1, 0.15) is 5.82 Å². The number of aryl methyl sites for hydroxylation is 2. The predicted octanol–water partition coefficient (Wildman–Crippen LogP) is 7.63. The molecule has 10 heteroatoms. The fourth-order valence-electron chi connectivity index (χ4n) is 3.94. The van der Waals surface area contributed by atoms with Crippen LogP contribution in [0.2, 0.25) is 0 Å². The van der Waals surface area contributed by atoms with Crippen molar-refractivity contribution in [2.24, 2.45) is 10.2 Å². The summed E-state index contributed by atoms with van der Waals surface area (Å²) < 4.78 is 15.2.